The van der Waals surface area contributed by atoms with Gasteiger partial charge in [0.2, 0.25) is 21.8 Å². The number of alkyl halides is 3. The molecular formula is C27H28F4N4O5S. The minimum Gasteiger partial charge on any atom is -0.475 e. The first kappa shape index (κ1) is 30.3. The molecular weight excluding hydrogens is 568 g/mol. The predicted octanol–water partition coefficient (Wildman–Crippen LogP) is 3.84. The summed E-state index contributed by atoms with van der Waals surface area (Å²) in [5, 5.41) is 2.60. The minimum atomic E-state index is -4.28. The quantitative estimate of drug-likeness (QED) is 0.265. The van der Waals surface area contributed by atoms with Crippen molar-refractivity contribution < 1.29 is 40.2 Å². The van der Waals surface area contributed by atoms with Gasteiger partial charge in [0.05, 0.1) is 23.7 Å². The zero-order valence-electron chi connectivity index (χ0n) is 22.2. The third-order valence-electron chi connectivity index (χ3n) is 6.31. The molecule has 1 aliphatic heterocycles. The Morgan fingerprint density at radius 2 is 1.85 bits per heavy atom. The Bertz CT molecular complexity index is 1470. The van der Waals surface area contributed by atoms with Gasteiger partial charge in [-0.25, -0.2) is 22.2 Å². The van der Waals surface area contributed by atoms with Gasteiger partial charge in [0.1, 0.15) is 30.3 Å². The Morgan fingerprint density at radius 1 is 1.12 bits per heavy atom. The van der Waals surface area contributed by atoms with Crippen molar-refractivity contribution in [3.63, 3.8) is 0 Å². The van der Waals surface area contributed by atoms with Crippen LogP contribution in [0.1, 0.15) is 24.7 Å². The number of benzene rings is 1. The van der Waals surface area contributed by atoms with Crippen LogP contribution in [0, 0.1) is 5.82 Å². The van der Waals surface area contributed by atoms with Crippen molar-refractivity contribution in [1.82, 2.24) is 19.6 Å². The fourth-order valence-electron chi connectivity index (χ4n) is 4.24. The average Bonchev–Trinajstić information content (AvgIpc) is 3.34. The molecule has 4 rings (SSSR count). The van der Waals surface area contributed by atoms with Crippen molar-refractivity contribution in [2.75, 3.05) is 26.9 Å². The van der Waals surface area contributed by atoms with E-state index in [9.17, 15) is 30.8 Å². The lowest BCUT2D eigenvalue weighted by atomic mass is 10.1. The van der Waals surface area contributed by atoms with Gasteiger partial charge in [0.15, 0.2) is 0 Å². The van der Waals surface area contributed by atoms with Crippen molar-refractivity contribution in [1.29, 1.82) is 0 Å². The summed E-state index contributed by atoms with van der Waals surface area (Å²) in [6, 6.07) is 8.52. The number of carbonyl (C=O) groups excluding carboxylic acids is 1. The van der Waals surface area contributed by atoms with Crippen molar-refractivity contribution in [3.8, 4) is 17.0 Å². The van der Waals surface area contributed by atoms with Gasteiger partial charge in [0.25, 0.3) is 5.92 Å². The van der Waals surface area contributed by atoms with Gasteiger partial charge in [-0.15, -0.1) is 0 Å². The van der Waals surface area contributed by atoms with Gasteiger partial charge in [-0.05, 0) is 42.0 Å². The van der Waals surface area contributed by atoms with Crippen LogP contribution in [0.15, 0.2) is 59.6 Å². The summed E-state index contributed by atoms with van der Waals surface area (Å²) < 4.78 is 92.5. The Kier molecular flexibility index (Phi) is 9.24. The fourth-order valence-corrected chi connectivity index (χ4v) is 5.87. The van der Waals surface area contributed by atoms with Crippen LogP contribution < -0.4 is 10.1 Å². The molecule has 3 heterocycles. The average molecular weight is 597 g/mol. The van der Waals surface area contributed by atoms with Crippen molar-refractivity contribution in [2.45, 2.75) is 42.9 Å². The topological polar surface area (TPSA) is 111 Å². The third kappa shape index (κ3) is 7.37. The Hall–Kier alpha value is -3.62. The number of nitrogens with one attached hydrogen (secondary N) is 1. The van der Waals surface area contributed by atoms with Crippen LogP contribution in [0.4, 0.5) is 17.6 Å². The molecule has 1 aliphatic rings. The fraction of sp³-hybridized carbons (Fsp3) is 0.370. The molecule has 2 atom stereocenters. The van der Waals surface area contributed by atoms with Crippen LogP contribution in [-0.2, 0) is 32.0 Å². The summed E-state index contributed by atoms with van der Waals surface area (Å²) in [5.74, 6) is -4.34. The van der Waals surface area contributed by atoms with E-state index < -0.39 is 52.1 Å². The number of amides is 1. The molecule has 0 saturated carbocycles. The normalized spacial score (nSPS) is 17.9. The summed E-state index contributed by atoms with van der Waals surface area (Å²) >= 11 is 0. The Morgan fingerprint density at radius 3 is 2.49 bits per heavy atom. The van der Waals surface area contributed by atoms with E-state index in [-0.39, 0.29) is 37.0 Å². The smallest absolute Gasteiger partial charge is 0.286 e. The van der Waals surface area contributed by atoms with E-state index in [4.69, 9.17) is 9.47 Å². The van der Waals surface area contributed by atoms with Gasteiger partial charge in [-0.3, -0.25) is 9.78 Å². The highest BCUT2D eigenvalue weighted by Crippen LogP contribution is 2.30. The minimum absolute atomic E-state index is 0.161. The molecule has 0 unspecified atom stereocenters. The second-order valence-corrected chi connectivity index (χ2v) is 11.3. The lowest BCUT2D eigenvalue weighted by Gasteiger charge is -2.23. The monoisotopic (exact) mass is 596 g/mol. The van der Waals surface area contributed by atoms with Crippen LogP contribution in [0.5, 0.6) is 5.88 Å². The summed E-state index contributed by atoms with van der Waals surface area (Å²) in [6.07, 6.45) is -0.652. The molecule has 1 amide bonds. The molecule has 1 N–H and O–H groups in total. The zero-order valence-corrected chi connectivity index (χ0v) is 23.0. The van der Waals surface area contributed by atoms with Gasteiger partial charge in [-0.1, -0.05) is 6.07 Å². The number of halogens is 4. The first-order valence-corrected chi connectivity index (χ1v) is 14.0. The van der Waals surface area contributed by atoms with Gasteiger partial charge < -0.3 is 14.8 Å². The van der Waals surface area contributed by atoms with Crippen molar-refractivity contribution in [3.05, 3.63) is 71.9 Å². The van der Waals surface area contributed by atoms with E-state index in [1.165, 1.54) is 25.4 Å². The van der Waals surface area contributed by atoms with E-state index in [0.717, 1.165) is 35.5 Å². The first-order valence-electron chi connectivity index (χ1n) is 12.5. The molecule has 41 heavy (non-hydrogen) atoms. The maximum Gasteiger partial charge on any atom is 0.286 e. The highest BCUT2D eigenvalue weighted by Gasteiger charge is 2.44. The maximum absolute atomic E-state index is 14.4. The molecule has 14 heteroatoms. The van der Waals surface area contributed by atoms with E-state index in [0.29, 0.717) is 16.8 Å². The number of hydrogen-bond acceptors (Lipinski definition) is 7. The number of methoxy groups -OCH3 is 1. The molecule has 220 valence electrons. The summed E-state index contributed by atoms with van der Waals surface area (Å²) in [7, 11) is -2.79. The molecule has 0 spiro atoms. The van der Waals surface area contributed by atoms with Gasteiger partial charge >= 0.3 is 0 Å². The van der Waals surface area contributed by atoms with E-state index in [1.54, 1.807) is 12.1 Å². The molecule has 0 bridgehead atoms. The van der Waals surface area contributed by atoms with E-state index >= 15 is 0 Å². The molecule has 1 saturated heterocycles. The summed E-state index contributed by atoms with van der Waals surface area (Å²) in [4.78, 5) is 21.0. The largest absolute Gasteiger partial charge is 0.475 e. The molecule has 1 aromatic carbocycles. The van der Waals surface area contributed by atoms with Crippen LogP contribution in [0.2, 0.25) is 0 Å². The number of ether oxygens (including phenoxy) is 2. The van der Waals surface area contributed by atoms with E-state index in [2.05, 4.69) is 15.3 Å². The number of pyridine rings is 2. The molecule has 0 aliphatic carbocycles. The number of carbonyl (C=O) groups is 1. The third-order valence-corrected chi connectivity index (χ3v) is 8.20. The van der Waals surface area contributed by atoms with Crippen LogP contribution >= 0.6 is 0 Å². The lowest BCUT2D eigenvalue weighted by molar-refractivity contribution is -0.124. The number of nitrogens with zero attached hydrogens (tertiary/aromatic N) is 3. The molecule has 9 nitrogen and oxygen atoms in total. The van der Waals surface area contributed by atoms with Gasteiger partial charge in [-0.2, -0.15) is 13.1 Å². The molecule has 0 radical (unpaired) electrons. The number of sulfonamides is 1. The van der Waals surface area contributed by atoms with E-state index in [1.807, 2.05) is 0 Å². The molecule has 2 aromatic heterocycles. The van der Waals surface area contributed by atoms with Gasteiger partial charge in [0, 0.05) is 44.8 Å². The standard InChI is InChI=1S/C27H28F4N4O5S/c1-27(30,31)24-8-3-17(14-32-24)18-11-21(34-25(12-18)40-10-9-39-2)15-33-26(36)23-13-20(29)16-35(23)41(37,38)22-6-4-19(28)5-7-22/h3-8,11-12,14,20,23H,9-10,13,15-16H2,1-2H3,(H,33,36)/t20-,23+/m1/s1. The second kappa shape index (κ2) is 12.5. The molecule has 1 fully saturated rings. The van der Waals surface area contributed by atoms with Crippen molar-refractivity contribution >= 4 is 15.9 Å². The highest BCUT2D eigenvalue weighted by atomic mass is 32.2. The van der Waals surface area contributed by atoms with Crippen molar-refractivity contribution in [2.24, 2.45) is 0 Å². The van der Waals surface area contributed by atoms with Crippen LogP contribution in [0.3, 0.4) is 0 Å². The number of hydrogen-bond donors (Lipinski definition) is 1. The Labute approximate surface area is 234 Å². The number of aromatic nitrogens is 2. The lowest BCUT2D eigenvalue weighted by Crippen LogP contribution is -2.45. The summed E-state index contributed by atoms with van der Waals surface area (Å²) in [5.41, 5.74) is 0.899. The van der Waals surface area contributed by atoms with Crippen LogP contribution in [0.25, 0.3) is 11.1 Å². The predicted molar refractivity (Wildman–Crippen MR) is 140 cm³/mol. The summed E-state index contributed by atoms with van der Waals surface area (Å²) in [6.45, 7) is 0.469. The zero-order chi connectivity index (χ0) is 29.8. The Balaban J connectivity index is 1.54. The van der Waals surface area contributed by atoms with Crippen LogP contribution in [-0.4, -0.2) is 67.7 Å². The highest BCUT2D eigenvalue weighted by molar-refractivity contribution is 7.89. The first-order chi connectivity index (χ1) is 19.4. The SMILES string of the molecule is COCCOc1cc(-c2ccc(C(C)(F)F)nc2)cc(CNC(=O)[C@@H]2C[C@@H](F)CN2S(=O)(=O)c2ccc(F)cc2)n1. The maximum atomic E-state index is 14.4. The second-order valence-electron chi connectivity index (χ2n) is 9.44. The number of rotatable bonds is 11. The molecule has 3 aromatic rings.